The summed E-state index contributed by atoms with van der Waals surface area (Å²) in [4.78, 5) is 22.7. The minimum absolute atomic E-state index is 0.00995. The highest BCUT2D eigenvalue weighted by atomic mass is 32.2. The Bertz CT molecular complexity index is 899. The summed E-state index contributed by atoms with van der Waals surface area (Å²) in [6, 6.07) is 7.53. The van der Waals surface area contributed by atoms with Crippen molar-refractivity contribution in [3.8, 4) is 5.75 Å². The summed E-state index contributed by atoms with van der Waals surface area (Å²) in [6.07, 6.45) is 1.08. The third kappa shape index (κ3) is 5.64. The van der Waals surface area contributed by atoms with Gasteiger partial charge in [0.1, 0.15) is 17.3 Å². The molecule has 1 aromatic heterocycles. The van der Waals surface area contributed by atoms with Gasteiger partial charge in [-0.3, -0.25) is 4.79 Å². The van der Waals surface area contributed by atoms with E-state index in [4.69, 9.17) is 14.3 Å². The van der Waals surface area contributed by atoms with Gasteiger partial charge in [-0.15, -0.1) is 0 Å². The second-order valence-electron chi connectivity index (χ2n) is 5.45. The Hall–Kier alpha value is -2.81. The molecule has 0 fully saturated rings. The molecular formula is C16H17NO7S. The van der Waals surface area contributed by atoms with Gasteiger partial charge < -0.3 is 19.6 Å². The Morgan fingerprint density at radius 3 is 2.56 bits per heavy atom. The molecule has 134 valence electrons. The first-order chi connectivity index (χ1) is 11.6. The van der Waals surface area contributed by atoms with Crippen molar-refractivity contribution in [3.05, 3.63) is 47.4 Å². The summed E-state index contributed by atoms with van der Waals surface area (Å²) in [5.41, 5.74) is 1.16. The zero-order valence-electron chi connectivity index (χ0n) is 13.6. The molecule has 0 unspecified atom stereocenters. The third-order valence-electron chi connectivity index (χ3n) is 3.10. The Kier molecular flexibility index (Phi) is 5.48. The number of rotatable bonds is 7. The number of amides is 1. The van der Waals surface area contributed by atoms with E-state index in [2.05, 4.69) is 5.32 Å². The van der Waals surface area contributed by atoms with Gasteiger partial charge in [0, 0.05) is 11.9 Å². The molecule has 0 saturated carbocycles. The fourth-order valence-corrected chi connectivity index (χ4v) is 2.70. The Balaban J connectivity index is 2.06. The maximum Gasteiger partial charge on any atom is 0.341 e. The van der Waals surface area contributed by atoms with Crippen LogP contribution in [0.15, 0.2) is 34.7 Å². The van der Waals surface area contributed by atoms with E-state index in [-0.39, 0.29) is 17.3 Å². The predicted molar refractivity (Wildman–Crippen MR) is 89.5 cm³/mol. The molecule has 8 nitrogen and oxygen atoms in total. The molecule has 2 rings (SSSR count). The van der Waals surface area contributed by atoms with Crippen LogP contribution in [0.2, 0.25) is 0 Å². The van der Waals surface area contributed by atoms with Crippen LogP contribution in [0, 0.1) is 6.92 Å². The second kappa shape index (κ2) is 7.39. The number of sulfone groups is 1. The number of hydrogen-bond acceptors (Lipinski definition) is 6. The summed E-state index contributed by atoms with van der Waals surface area (Å²) in [5.74, 6) is -1.35. The van der Waals surface area contributed by atoms with Crippen LogP contribution in [-0.2, 0) is 20.4 Å². The van der Waals surface area contributed by atoms with E-state index in [1.54, 1.807) is 19.1 Å². The second-order valence-corrected chi connectivity index (χ2v) is 7.59. The van der Waals surface area contributed by atoms with Crippen LogP contribution >= 0.6 is 0 Å². The molecule has 0 aliphatic heterocycles. The fourth-order valence-electron chi connectivity index (χ4n) is 2.03. The third-order valence-corrected chi connectivity index (χ3v) is 3.91. The van der Waals surface area contributed by atoms with Gasteiger partial charge in [-0.1, -0.05) is 0 Å². The summed E-state index contributed by atoms with van der Waals surface area (Å²) >= 11 is 0. The van der Waals surface area contributed by atoms with Crippen molar-refractivity contribution >= 4 is 27.4 Å². The number of carbonyl (C=O) groups excluding carboxylic acids is 1. The Labute approximate surface area is 144 Å². The van der Waals surface area contributed by atoms with Gasteiger partial charge in [-0.2, -0.15) is 0 Å². The van der Waals surface area contributed by atoms with Crippen molar-refractivity contribution in [2.45, 2.75) is 12.7 Å². The van der Waals surface area contributed by atoms with E-state index in [1.165, 1.54) is 18.2 Å². The van der Waals surface area contributed by atoms with E-state index >= 15 is 0 Å². The highest BCUT2D eigenvalue weighted by Gasteiger charge is 2.15. The molecule has 1 amide bonds. The first-order valence-corrected chi connectivity index (χ1v) is 9.23. The smallest absolute Gasteiger partial charge is 0.341 e. The molecule has 0 radical (unpaired) electrons. The van der Waals surface area contributed by atoms with Crippen molar-refractivity contribution in [3.63, 3.8) is 0 Å². The predicted octanol–water partition coefficient (Wildman–Crippen LogP) is 1.85. The molecule has 0 saturated heterocycles. The first-order valence-electron chi connectivity index (χ1n) is 7.17. The van der Waals surface area contributed by atoms with Gasteiger partial charge in [0.15, 0.2) is 22.2 Å². The van der Waals surface area contributed by atoms with Crippen molar-refractivity contribution in [2.24, 2.45) is 0 Å². The zero-order chi connectivity index (χ0) is 18.6. The maximum atomic E-state index is 12.2. The quantitative estimate of drug-likeness (QED) is 0.765. The minimum atomic E-state index is -3.25. The summed E-state index contributed by atoms with van der Waals surface area (Å²) in [6.45, 7) is 1.26. The molecule has 2 N–H and O–H groups in total. The van der Waals surface area contributed by atoms with E-state index in [1.807, 2.05) is 0 Å². The largest absolute Gasteiger partial charge is 0.482 e. The Morgan fingerprint density at radius 1 is 1.24 bits per heavy atom. The SMILES string of the molecule is Cc1cc(OCC(=O)O)ccc1NC(=O)c1ccc(CS(C)(=O)=O)o1. The van der Waals surface area contributed by atoms with Gasteiger partial charge in [-0.25, -0.2) is 13.2 Å². The molecule has 0 aliphatic rings. The van der Waals surface area contributed by atoms with Crippen LogP contribution in [0.4, 0.5) is 5.69 Å². The van der Waals surface area contributed by atoms with E-state index < -0.39 is 28.3 Å². The number of benzene rings is 1. The summed E-state index contributed by atoms with van der Waals surface area (Å²) < 4.78 is 32.8. The normalized spacial score (nSPS) is 11.1. The van der Waals surface area contributed by atoms with E-state index in [0.29, 0.717) is 17.0 Å². The van der Waals surface area contributed by atoms with Crippen LogP contribution in [-0.4, -0.2) is 38.3 Å². The lowest BCUT2D eigenvalue weighted by Gasteiger charge is -2.09. The molecule has 9 heteroatoms. The molecular weight excluding hydrogens is 350 g/mol. The lowest BCUT2D eigenvalue weighted by molar-refractivity contribution is -0.139. The number of ether oxygens (including phenoxy) is 1. The molecule has 1 aromatic carbocycles. The Morgan fingerprint density at radius 2 is 1.96 bits per heavy atom. The number of anilines is 1. The lowest BCUT2D eigenvalue weighted by Crippen LogP contribution is -2.12. The van der Waals surface area contributed by atoms with Crippen LogP contribution in [0.3, 0.4) is 0 Å². The fraction of sp³-hybridized carbons (Fsp3) is 0.250. The average molecular weight is 367 g/mol. The molecule has 0 aliphatic carbocycles. The average Bonchev–Trinajstić information content (AvgIpc) is 2.94. The molecule has 0 atom stereocenters. The molecule has 0 bridgehead atoms. The monoisotopic (exact) mass is 367 g/mol. The highest BCUT2D eigenvalue weighted by Crippen LogP contribution is 2.22. The van der Waals surface area contributed by atoms with Crippen LogP contribution in [0.1, 0.15) is 21.9 Å². The minimum Gasteiger partial charge on any atom is -0.482 e. The molecule has 0 spiro atoms. The number of carboxylic acids is 1. The van der Waals surface area contributed by atoms with E-state index in [9.17, 15) is 18.0 Å². The number of carboxylic acid groups (broad SMARTS) is 1. The molecule has 25 heavy (non-hydrogen) atoms. The first kappa shape index (κ1) is 18.5. The standard InChI is InChI=1S/C16H17NO7S/c1-10-7-11(23-8-15(18)19)3-5-13(10)17-16(20)14-6-4-12(24-14)9-25(2,21)22/h3-7H,8-9H2,1-2H3,(H,17,20)(H,18,19). The number of aryl methyl sites for hydroxylation is 1. The van der Waals surface area contributed by atoms with Crippen LogP contribution in [0.25, 0.3) is 0 Å². The van der Waals surface area contributed by atoms with Gasteiger partial charge in [-0.05, 0) is 42.8 Å². The summed E-state index contributed by atoms with van der Waals surface area (Å²) in [7, 11) is -3.25. The maximum absolute atomic E-state index is 12.2. The number of carbonyl (C=O) groups is 2. The van der Waals surface area contributed by atoms with Gasteiger partial charge in [0.2, 0.25) is 0 Å². The highest BCUT2D eigenvalue weighted by molar-refractivity contribution is 7.89. The van der Waals surface area contributed by atoms with Gasteiger partial charge in [0.25, 0.3) is 5.91 Å². The van der Waals surface area contributed by atoms with Gasteiger partial charge in [0.05, 0.1) is 0 Å². The topological polar surface area (TPSA) is 123 Å². The van der Waals surface area contributed by atoms with Crippen LogP contribution in [0.5, 0.6) is 5.75 Å². The molecule has 1 heterocycles. The molecule has 2 aromatic rings. The van der Waals surface area contributed by atoms with Crippen molar-refractivity contribution in [1.29, 1.82) is 0 Å². The number of nitrogens with one attached hydrogen (secondary N) is 1. The number of hydrogen-bond donors (Lipinski definition) is 2. The van der Waals surface area contributed by atoms with Crippen LogP contribution < -0.4 is 10.1 Å². The van der Waals surface area contributed by atoms with Crippen molar-refractivity contribution in [2.75, 3.05) is 18.2 Å². The van der Waals surface area contributed by atoms with Gasteiger partial charge >= 0.3 is 5.97 Å². The lowest BCUT2D eigenvalue weighted by atomic mass is 10.2. The van der Waals surface area contributed by atoms with Crippen molar-refractivity contribution < 1.29 is 32.3 Å². The van der Waals surface area contributed by atoms with E-state index in [0.717, 1.165) is 6.26 Å². The number of aliphatic carboxylic acids is 1. The zero-order valence-corrected chi connectivity index (χ0v) is 14.4. The number of furan rings is 1. The van der Waals surface area contributed by atoms with Crippen molar-refractivity contribution in [1.82, 2.24) is 0 Å². The summed E-state index contributed by atoms with van der Waals surface area (Å²) in [5, 5.41) is 11.2.